The summed E-state index contributed by atoms with van der Waals surface area (Å²) in [7, 11) is 0. The summed E-state index contributed by atoms with van der Waals surface area (Å²) in [5, 5.41) is 12.4. The fraction of sp³-hybridized carbons (Fsp3) is 0.214. The van der Waals surface area contributed by atoms with Gasteiger partial charge in [0.25, 0.3) is 0 Å². The summed E-state index contributed by atoms with van der Waals surface area (Å²) in [5.74, 6) is -0.928. The number of nitrogens with one attached hydrogen (secondary N) is 1. The maximum Gasteiger partial charge on any atom is 0.337 e. The van der Waals surface area contributed by atoms with Gasteiger partial charge in [0.1, 0.15) is 0 Å². The third-order valence-electron chi connectivity index (χ3n) is 2.88. The van der Waals surface area contributed by atoms with Crippen molar-refractivity contribution in [3.63, 3.8) is 0 Å². The fourth-order valence-corrected chi connectivity index (χ4v) is 3.12. The number of aryl methyl sites for hydroxylation is 2. The summed E-state index contributed by atoms with van der Waals surface area (Å²) in [6, 6.07) is 7.35. The minimum atomic E-state index is -0.928. The van der Waals surface area contributed by atoms with Gasteiger partial charge in [-0.3, -0.25) is 0 Å². The van der Waals surface area contributed by atoms with Gasteiger partial charge in [0, 0.05) is 26.5 Å². The maximum atomic E-state index is 11.2. The predicted molar refractivity (Wildman–Crippen MR) is 82.2 cm³/mol. The maximum absolute atomic E-state index is 11.2. The van der Waals surface area contributed by atoms with Crippen molar-refractivity contribution in [3.05, 3.63) is 49.6 Å². The van der Waals surface area contributed by atoms with Crippen LogP contribution in [0.1, 0.15) is 25.7 Å². The minimum Gasteiger partial charge on any atom is -0.478 e. The Hall–Kier alpha value is -1.33. The van der Waals surface area contributed by atoms with Crippen LogP contribution < -0.4 is 5.32 Å². The van der Waals surface area contributed by atoms with E-state index in [1.54, 1.807) is 23.5 Å². The Bertz CT molecular complexity index is 602. The Balaban J connectivity index is 2.17. The van der Waals surface area contributed by atoms with Crippen LogP contribution in [-0.2, 0) is 6.54 Å². The van der Waals surface area contributed by atoms with Gasteiger partial charge < -0.3 is 10.4 Å². The van der Waals surface area contributed by atoms with E-state index in [9.17, 15) is 9.90 Å². The number of carbonyl (C=O) groups is 1. The lowest BCUT2D eigenvalue weighted by atomic mass is 10.2. The molecule has 5 heteroatoms. The molecule has 100 valence electrons. The number of hydrogen-bond acceptors (Lipinski definition) is 3. The van der Waals surface area contributed by atoms with Crippen LogP contribution in [0.5, 0.6) is 0 Å². The van der Waals surface area contributed by atoms with E-state index in [0.717, 1.165) is 4.47 Å². The molecule has 1 aromatic heterocycles. The highest BCUT2D eigenvalue weighted by atomic mass is 79.9. The fourth-order valence-electron chi connectivity index (χ4n) is 1.77. The zero-order valence-electron chi connectivity index (χ0n) is 10.7. The van der Waals surface area contributed by atoms with Crippen LogP contribution in [0.2, 0.25) is 0 Å². The van der Waals surface area contributed by atoms with E-state index in [-0.39, 0.29) is 5.56 Å². The number of carboxylic acids is 1. The van der Waals surface area contributed by atoms with Crippen LogP contribution in [0.15, 0.2) is 28.7 Å². The van der Waals surface area contributed by atoms with Crippen molar-refractivity contribution >= 4 is 38.9 Å². The van der Waals surface area contributed by atoms with Crippen molar-refractivity contribution in [1.82, 2.24) is 0 Å². The number of thiophene rings is 1. The lowest BCUT2D eigenvalue weighted by molar-refractivity contribution is 0.0698. The number of hydrogen-bond donors (Lipinski definition) is 2. The molecule has 1 aromatic carbocycles. The second-order valence-electron chi connectivity index (χ2n) is 4.30. The second kappa shape index (κ2) is 5.75. The number of carboxylic acid groups (broad SMARTS) is 1. The van der Waals surface area contributed by atoms with Gasteiger partial charge in [0.2, 0.25) is 0 Å². The van der Waals surface area contributed by atoms with Gasteiger partial charge in [-0.05, 0) is 43.7 Å². The molecular formula is C14H14BrNO2S. The second-order valence-corrected chi connectivity index (χ2v) is 6.56. The summed E-state index contributed by atoms with van der Waals surface area (Å²) in [6.45, 7) is 4.81. The predicted octanol–water partition coefficient (Wildman–Crippen LogP) is 4.44. The van der Waals surface area contributed by atoms with Gasteiger partial charge in [-0.25, -0.2) is 4.79 Å². The summed E-state index contributed by atoms with van der Waals surface area (Å²) in [6.07, 6.45) is 0. The molecule has 0 saturated carbocycles. The number of halogens is 1. The molecule has 1 heterocycles. The van der Waals surface area contributed by atoms with Gasteiger partial charge in [0.05, 0.1) is 5.56 Å². The Morgan fingerprint density at radius 2 is 2.11 bits per heavy atom. The molecule has 0 radical (unpaired) electrons. The normalized spacial score (nSPS) is 10.5. The largest absolute Gasteiger partial charge is 0.478 e. The average molecular weight is 340 g/mol. The first-order valence-electron chi connectivity index (χ1n) is 5.80. The molecule has 0 spiro atoms. The van der Waals surface area contributed by atoms with Crippen LogP contribution in [0, 0.1) is 13.8 Å². The lowest BCUT2D eigenvalue weighted by Crippen LogP contribution is -2.05. The average Bonchev–Trinajstić information content (AvgIpc) is 2.67. The van der Waals surface area contributed by atoms with Crippen molar-refractivity contribution in [2.24, 2.45) is 0 Å². The van der Waals surface area contributed by atoms with Gasteiger partial charge in [0.15, 0.2) is 0 Å². The SMILES string of the molecule is Cc1cc(CNc2ccc(Br)cc2C(=O)O)sc1C. The van der Waals surface area contributed by atoms with Gasteiger partial charge in [-0.1, -0.05) is 15.9 Å². The highest BCUT2D eigenvalue weighted by molar-refractivity contribution is 9.10. The molecule has 0 bridgehead atoms. The molecular weight excluding hydrogens is 326 g/mol. The van der Waals surface area contributed by atoms with Crippen LogP contribution in [0.3, 0.4) is 0 Å². The first kappa shape index (κ1) is 14.1. The molecule has 0 aliphatic carbocycles. The summed E-state index contributed by atoms with van der Waals surface area (Å²) >= 11 is 5.02. The highest BCUT2D eigenvalue weighted by Crippen LogP contribution is 2.24. The quantitative estimate of drug-likeness (QED) is 0.865. The number of anilines is 1. The Labute approximate surface area is 124 Å². The van der Waals surface area contributed by atoms with E-state index in [1.165, 1.54) is 15.3 Å². The van der Waals surface area contributed by atoms with Crippen molar-refractivity contribution in [1.29, 1.82) is 0 Å². The molecule has 0 atom stereocenters. The van der Waals surface area contributed by atoms with E-state index in [2.05, 4.69) is 41.2 Å². The summed E-state index contributed by atoms with van der Waals surface area (Å²) in [5.41, 5.74) is 2.19. The van der Waals surface area contributed by atoms with E-state index in [0.29, 0.717) is 12.2 Å². The smallest absolute Gasteiger partial charge is 0.337 e. The van der Waals surface area contributed by atoms with Gasteiger partial charge in [-0.2, -0.15) is 0 Å². The Morgan fingerprint density at radius 3 is 2.68 bits per heavy atom. The third kappa shape index (κ3) is 3.36. The molecule has 19 heavy (non-hydrogen) atoms. The standard InChI is InChI=1S/C14H14BrNO2S/c1-8-5-11(19-9(8)2)7-16-13-4-3-10(15)6-12(13)14(17)18/h3-6,16H,7H2,1-2H3,(H,17,18). The van der Waals surface area contributed by atoms with Gasteiger partial charge in [-0.15, -0.1) is 11.3 Å². The van der Waals surface area contributed by atoms with E-state index >= 15 is 0 Å². The van der Waals surface area contributed by atoms with Gasteiger partial charge >= 0.3 is 5.97 Å². The number of aromatic carboxylic acids is 1. The summed E-state index contributed by atoms with van der Waals surface area (Å²) < 4.78 is 0.762. The van der Waals surface area contributed by atoms with Crippen LogP contribution in [0.25, 0.3) is 0 Å². The monoisotopic (exact) mass is 339 g/mol. The number of rotatable bonds is 4. The van der Waals surface area contributed by atoms with Crippen LogP contribution in [0.4, 0.5) is 5.69 Å². The van der Waals surface area contributed by atoms with E-state index < -0.39 is 5.97 Å². The lowest BCUT2D eigenvalue weighted by Gasteiger charge is -2.09. The molecule has 0 aliphatic rings. The molecule has 2 rings (SSSR count). The molecule has 2 N–H and O–H groups in total. The highest BCUT2D eigenvalue weighted by Gasteiger charge is 2.11. The molecule has 0 amide bonds. The molecule has 0 unspecified atom stereocenters. The third-order valence-corrected chi connectivity index (χ3v) is 4.53. The molecule has 0 fully saturated rings. The van der Waals surface area contributed by atoms with Crippen molar-refractivity contribution in [2.75, 3.05) is 5.32 Å². The van der Waals surface area contributed by atoms with Crippen molar-refractivity contribution in [3.8, 4) is 0 Å². The Kier molecular flexibility index (Phi) is 4.27. The van der Waals surface area contributed by atoms with Crippen molar-refractivity contribution in [2.45, 2.75) is 20.4 Å². The molecule has 2 aromatic rings. The first-order chi connectivity index (χ1) is 8.97. The van der Waals surface area contributed by atoms with Crippen LogP contribution >= 0.6 is 27.3 Å². The van der Waals surface area contributed by atoms with Crippen LogP contribution in [-0.4, -0.2) is 11.1 Å². The zero-order chi connectivity index (χ0) is 14.0. The first-order valence-corrected chi connectivity index (χ1v) is 7.41. The topological polar surface area (TPSA) is 49.3 Å². The van der Waals surface area contributed by atoms with E-state index in [1.807, 2.05) is 6.07 Å². The molecule has 0 aliphatic heterocycles. The molecule has 3 nitrogen and oxygen atoms in total. The minimum absolute atomic E-state index is 0.277. The van der Waals surface area contributed by atoms with E-state index in [4.69, 9.17) is 0 Å². The van der Waals surface area contributed by atoms with Crippen molar-refractivity contribution < 1.29 is 9.90 Å². The summed E-state index contributed by atoms with van der Waals surface area (Å²) in [4.78, 5) is 13.7. The zero-order valence-corrected chi connectivity index (χ0v) is 13.1. The molecule has 0 saturated heterocycles. The Morgan fingerprint density at radius 1 is 1.37 bits per heavy atom. The number of benzene rings is 1.